The van der Waals surface area contributed by atoms with Crippen LogP contribution in [0.25, 0.3) is 22.3 Å². The minimum Gasteiger partial charge on any atom is -0.326 e. The lowest BCUT2D eigenvalue weighted by molar-refractivity contribution is -0.117. The number of anilines is 1. The molecule has 1 amide bonds. The summed E-state index contributed by atoms with van der Waals surface area (Å²) >= 11 is 6.37. The maximum absolute atomic E-state index is 13.0. The second kappa shape index (κ2) is 9.68. The molecule has 0 aliphatic heterocycles. The van der Waals surface area contributed by atoms with Gasteiger partial charge in [0.1, 0.15) is 0 Å². The minimum atomic E-state index is -0.413. The van der Waals surface area contributed by atoms with Crippen molar-refractivity contribution in [3.8, 4) is 28.3 Å². The molecule has 5 heteroatoms. The van der Waals surface area contributed by atoms with Crippen LogP contribution < -0.4 is 5.32 Å². The van der Waals surface area contributed by atoms with E-state index in [0.29, 0.717) is 10.6 Å². The predicted octanol–water partition coefficient (Wildman–Crippen LogP) is 6.99. The smallest absolute Gasteiger partial charge is 0.231 e. The molecule has 3 aromatic carbocycles. The Balaban J connectivity index is 1.52. The van der Waals surface area contributed by atoms with Crippen LogP contribution in [0.3, 0.4) is 0 Å². The molecule has 0 radical (unpaired) electrons. The van der Waals surface area contributed by atoms with E-state index in [1.54, 1.807) is 18.3 Å². The van der Waals surface area contributed by atoms with Gasteiger partial charge in [-0.2, -0.15) is 5.26 Å². The van der Waals surface area contributed by atoms with Gasteiger partial charge < -0.3 is 5.32 Å². The first-order chi connectivity index (χ1) is 15.9. The highest BCUT2D eigenvalue weighted by Crippen LogP contribution is 2.30. The molecule has 1 heterocycles. The van der Waals surface area contributed by atoms with Crippen LogP contribution in [0.15, 0.2) is 85.1 Å². The summed E-state index contributed by atoms with van der Waals surface area (Å²) in [6, 6.07) is 26.8. The number of aromatic nitrogens is 1. The van der Waals surface area contributed by atoms with E-state index in [0.717, 1.165) is 39.2 Å². The standard InChI is InChI=1S/C28H22ClN3O/c1-18-12-23(10-11-31-18)21-6-8-27(9-7-21)32-28(33)19(2)24-14-25(16-26(29)15-24)22-5-3-4-20(13-22)17-30/h3-16,19H,1-2H3,(H,32,33). The molecule has 4 rings (SSSR count). The summed E-state index contributed by atoms with van der Waals surface area (Å²) in [5.41, 5.74) is 6.96. The molecule has 4 aromatic rings. The topological polar surface area (TPSA) is 65.8 Å². The molecule has 0 saturated carbocycles. The molecule has 0 aliphatic rings. The highest BCUT2D eigenvalue weighted by atomic mass is 35.5. The van der Waals surface area contributed by atoms with Crippen molar-refractivity contribution in [1.29, 1.82) is 5.26 Å². The molecule has 0 spiro atoms. The normalized spacial score (nSPS) is 11.5. The third kappa shape index (κ3) is 5.28. The SMILES string of the molecule is Cc1cc(-c2ccc(NC(=O)C(C)c3cc(Cl)cc(-c4cccc(C#N)c4)c3)cc2)ccn1. The molecule has 33 heavy (non-hydrogen) atoms. The second-order valence-electron chi connectivity index (χ2n) is 7.94. The first kappa shape index (κ1) is 22.3. The van der Waals surface area contributed by atoms with Crippen LogP contribution in [-0.2, 0) is 4.79 Å². The summed E-state index contributed by atoms with van der Waals surface area (Å²) in [6.45, 7) is 3.81. The largest absolute Gasteiger partial charge is 0.326 e. The highest BCUT2D eigenvalue weighted by Gasteiger charge is 2.17. The van der Waals surface area contributed by atoms with Gasteiger partial charge in [0, 0.05) is 22.6 Å². The summed E-state index contributed by atoms with van der Waals surface area (Å²) < 4.78 is 0. The Bertz CT molecular complexity index is 1360. The summed E-state index contributed by atoms with van der Waals surface area (Å²) in [7, 11) is 0. The van der Waals surface area contributed by atoms with E-state index >= 15 is 0 Å². The lowest BCUT2D eigenvalue weighted by Gasteiger charge is -2.15. The lowest BCUT2D eigenvalue weighted by Crippen LogP contribution is -2.18. The fraction of sp³-hybridized carbons (Fsp3) is 0.107. The van der Waals surface area contributed by atoms with Crippen molar-refractivity contribution < 1.29 is 4.79 Å². The average Bonchev–Trinajstić information content (AvgIpc) is 2.83. The molecule has 1 aromatic heterocycles. The van der Waals surface area contributed by atoms with Crippen LogP contribution in [-0.4, -0.2) is 10.9 Å². The molecule has 1 N–H and O–H groups in total. The number of rotatable bonds is 5. The average molecular weight is 452 g/mol. The van der Waals surface area contributed by atoms with Gasteiger partial charge in [-0.05, 0) is 90.2 Å². The molecule has 0 fully saturated rings. The number of nitrogens with one attached hydrogen (secondary N) is 1. The number of pyridine rings is 1. The third-order valence-corrected chi connectivity index (χ3v) is 5.74. The number of hydrogen-bond donors (Lipinski definition) is 1. The minimum absolute atomic E-state index is 0.124. The molecule has 0 bridgehead atoms. The number of carbonyl (C=O) groups excluding carboxylic acids is 1. The molecular formula is C28H22ClN3O. The lowest BCUT2D eigenvalue weighted by atomic mass is 9.95. The molecule has 4 nitrogen and oxygen atoms in total. The van der Waals surface area contributed by atoms with Crippen molar-refractivity contribution in [1.82, 2.24) is 4.98 Å². The van der Waals surface area contributed by atoms with Crippen molar-refractivity contribution in [2.75, 3.05) is 5.32 Å². The van der Waals surface area contributed by atoms with Gasteiger partial charge in [-0.15, -0.1) is 0 Å². The second-order valence-corrected chi connectivity index (χ2v) is 8.38. The Labute approximate surface area is 198 Å². The van der Waals surface area contributed by atoms with E-state index < -0.39 is 5.92 Å². The number of carbonyl (C=O) groups is 1. The Hall–Kier alpha value is -3.94. The zero-order valence-corrected chi connectivity index (χ0v) is 19.1. The van der Waals surface area contributed by atoms with Crippen LogP contribution >= 0.6 is 11.6 Å². The van der Waals surface area contributed by atoms with E-state index in [2.05, 4.69) is 16.4 Å². The molecule has 1 unspecified atom stereocenters. The molecule has 162 valence electrons. The van der Waals surface area contributed by atoms with Gasteiger partial charge in [-0.3, -0.25) is 9.78 Å². The third-order valence-electron chi connectivity index (χ3n) is 5.52. The van der Waals surface area contributed by atoms with Crippen LogP contribution in [0.4, 0.5) is 5.69 Å². The van der Waals surface area contributed by atoms with Crippen molar-refractivity contribution in [2.24, 2.45) is 0 Å². The maximum Gasteiger partial charge on any atom is 0.231 e. The van der Waals surface area contributed by atoms with Crippen LogP contribution in [0.2, 0.25) is 5.02 Å². The Morgan fingerprint density at radius 1 is 0.939 bits per heavy atom. The summed E-state index contributed by atoms with van der Waals surface area (Å²) in [4.78, 5) is 17.2. The van der Waals surface area contributed by atoms with Gasteiger partial charge in [0.25, 0.3) is 0 Å². The fourth-order valence-corrected chi connectivity index (χ4v) is 3.91. The van der Waals surface area contributed by atoms with Gasteiger partial charge in [0.2, 0.25) is 5.91 Å². The zero-order chi connectivity index (χ0) is 23.4. The number of hydrogen-bond acceptors (Lipinski definition) is 3. The Morgan fingerprint density at radius 3 is 2.42 bits per heavy atom. The molecular weight excluding hydrogens is 430 g/mol. The Kier molecular flexibility index (Phi) is 6.53. The first-order valence-electron chi connectivity index (χ1n) is 10.6. The Morgan fingerprint density at radius 2 is 1.70 bits per heavy atom. The van der Waals surface area contributed by atoms with Gasteiger partial charge in [0.15, 0.2) is 0 Å². The van der Waals surface area contributed by atoms with Crippen LogP contribution in [0, 0.1) is 18.3 Å². The van der Waals surface area contributed by atoms with Crippen molar-refractivity contribution >= 4 is 23.2 Å². The number of benzene rings is 3. The summed E-state index contributed by atoms with van der Waals surface area (Å²) in [5, 5.41) is 12.7. The zero-order valence-electron chi connectivity index (χ0n) is 18.3. The van der Waals surface area contributed by atoms with E-state index in [1.807, 2.05) is 80.6 Å². The van der Waals surface area contributed by atoms with Gasteiger partial charge in [-0.25, -0.2) is 0 Å². The van der Waals surface area contributed by atoms with Gasteiger partial charge in [-0.1, -0.05) is 41.9 Å². The van der Waals surface area contributed by atoms with Crippen LogP contribution in [0.5, 0.6) is 0 Å². The van der Waals surface area contributed by atoms with Crippen LogP contribution in [0.1, 0.15) is 29.7 Å². The number of halogens is 1. The van der Waals surface area contributed by atoms with Crippen molar-refractivity contribution in [3.63, 3.8) is 0 Å². The number of nitriles is 1. The highest BCUT2D eigenvalue weighted by molar-refractivity contribution is 6.31. The fourth-order valence-electron chi connectivity index (χ4n) is 3.67. The number of aryl methyl sites for hydroxylation is 1. The maximum atomic E-state index is 13.0. The quantitative estimate of drug-likeness (QED) is 0.355. The van der Waals surface area contributed by atoms with Crippen molar-refractivity contribution in [2.45, 2.75) is 19.8 Å². The summed E-state index contributed by atoms with van der Waals surface area (Å²) in [5.74, 6) is -0.536. The summed E-state index contributed by atoms with van der Waals surface area (Å²) in [6.07, 6.45) is 1.79. The van der Waals surface area contributed by atoms with E-state index in [4.69, 9.17) is 11.6 Å². The predicted molar refractivity (Wildman–Crippen MR) is 133 cm³/mol. The molecule has 0 aliphatic carbocycles. The van der Waals surface area contributed by atoms with Gasteiger partial charge in [0.05, 0.1) is 17.6 Å². The monoisotopic (exact) mass is 451 g/mol. The first-order valence-corrected chi connectivity index (χ1v) is 11.0. The number of nitrogens with zero attached hydrogens (tertiary/aromatic N) is 2. The molecule has 0 saturated heterocycles. The van der Waals surface area contributed by atoms with Crippen molar-refractivity contribution in [3.05, 3.63) is 107 Å². The number of amides is 1. The van der Waals surface area contributed by atoms with E-state index in [-0.39, 0.29) is 5.91 Å². The van der Waals surface area contributed by atoms with E-state index in [9.17, 15) is 10.1 Å². The van der Waals surface area contributed by atoms with Gasteiger partial charge >= 0.3 is 0 Å². The van der Waals surface area contributed by atoms with E-state index in [1.165, 1.54) is 0 Å². The molecule has 1 atom stereocenters.